The Hall–Kier alpha value is -4.32. The molecule has 2 aromatic carbocycles. The first-order valence-corrected chi connectivity index (χ1v) is 14.8. The van der Waals surface area contributed by atoms with Crippen molar-refractivity contribution in [1.29, 1.82) is 0 Å². The molecule has 5 rings (SSSR count). The Morgan fingerprint density at radius 1 is 1.02 bits per heavy atom. The standard InChI is InChI=1S/C31H31Cl2N7O4/c1-4-22-25(14-34-13-17-11-12-26(41)36-17)35-15-24(37-22)20-9-5-7-18(27(20)32)19-8-6-10-23(28(19)33)38-29(42)21-16-39(2)31(44)40(3)30(21)43/h5-10,15-17,34H,4,11-14H2,1-3H3,(H,36,41)(H,38,42)/t17-/m0/s1. The van der Waals surface area contributed by atoms with Gasteiger partial charge < -0.3 is 20.5 Å². The second-order valence-corrected chi connectivity index (χ2v) is 11.3. The zero-order valence-corrected chi connectivity index (χ0v) is 25.9. The van der Waals surface area contributed by atoms with Crippen LogP contribution in [0.5, 0.6) is 0 Å². The summed E-state index contributed by atoms with van der Waals surface area (Å²) in [4.78, 5) is 58.6. The van der Waals surface area contributed by atoms with E-state index in [1.54, 1.807) is 24.4 Å². The first-order valence-electron chi connectivity index (χ1n) is 14.1. The number of hydrogen-bond acceptors (Lipinski definition) is 7. The van der Waals surface area contributed by atoms with Crippen LogP contribution in [0.25, 0.3) is 22.4 Å². The maximum Gasteiger partial charge on any atom is 0.330 e. The SMILES string of the molecule is CCc1nc(-c2cccc(-c3cccc(NC(=O)c4cn(C)c(=O)n(C)c4=O)c3Cl)c2Cl)cnc1CNC[C@@H]1CCC(=O)N1. The highest BCUT2D eigenvalue weighted by Gasteiger charge is 2.21. The van der Waals surface area contributed by atoms with Gasteiger partial charge in [-0.3, -0.25) is 23.9 Å². The molecule has 1 aliphatic rings. The summed E-state index contributed by atoms with van der Waals surface area (Å²) >= 11 is 13.7. The highest BCUT2D eigenvalue weighted by molar-refractivity contribution is 6.39. The number of nitrogens with one attached hydrogen (secondary N) is 3. The summed E-state index contributed by atoms with van der Waals surface area (Å²) in [6, 6.07) is 10.7. The van der Waals surface area contributed by atoms with E-state index in [0.29, 0.717) is 53.3 Å². The van der Waals surface area contributed by atoms with Crippen LogP contribution in [0.3, 0.4) is 0 Å². The number of rotatable bonds is 9. The molecule has 228 valence electrons. The topological polar surface area (TPSA) is 140 Å². The Bertz CT molecular complexity index is 1890. The second-order valence-electron chi connectivity index (χ2n) is 10.5. The molecule has 13 heteroatoms. The molecule has 0 spiro atoms. The average Bonchev–Trinajstić information content (AvgIpc) is 3.44. The number of hydrogen-bond donors (Lipinski definition) is 3. The van der Waals surface area contributed by atoms with E-state index in [4.69, 9.17) is 28.2 Å². The molecule has 0 radical (unpaired) electrons. The van der Waals surface area contributed by atoms with Gasteiger partial charge in [-0.25, -0.2) is 9.78 Å². The quantitative estimate of drug-likeness (QED) is 0.255. The van der Waals surface area contributed by atoms with Crippen LogP contribution in [0.15, 0.2) is 58.4 Å². The van der Waals surface area contributed by atoms with Gasteiger partial charge in [0.25, 0.3) is 11.5 Å². The molecule has 1 aliphatic heterocycles. The van der Waals surface area contributed by atoms with Crippen molar-refractivity contribution >= 4 is 40.7 Å². The largest absolute Gasteiger partial charge is 0.352 e. The van der Waals surface area contributed by atoms with E-state index in [9.17, 15) is 19.2 Å². The minimum Gasteiger partial charge on any atom is -0.352 e. The van der Waals surface area contributed by atoms with Gasteiger partial charge in [-0.05, 0) is 18.9 Å². The van der Waals surface area contributed by atoms with Crippen molar-refractivity contribution in [1.82, 2.24) is 29.7 Å². The third-order valence-corrected chi connectivity index (χ3v) is 8.35. The summed E-state index contributed by atoms with van der Waals surface area (Å²) in [6.45, 7) is 3.20. The molecule has 2 aromatic heterocycles. The zero-order valence-electron chi connectivity index (χ0n) is 24.4. The number of carbonyl (C=O) groups excluding carboxylic acids is 2. The highest BCUT2D eigenvalue weighted by Crippen LogP contribution is 2.41. The Labute approximate surface area is 263 Å². The lowest BCUT2D eigenvalue weighted by atomic mass is 10.0. The van der Waals surface area contributed by atoms with Crippen LogP contribution in [0.4, 0.5) is 5.69 Å². The number of anilines is 1. The number of carbonyl (C=O) groups is 2. The van der Waals surface area contributed by atoms with Crippen LogP contribution in [-0.4, -0.2) is 43.5 Å². The minimum absolute atomic E-state index is 0.0838. The van der Waals surface area contributed by atoms with Crippen molar-refractivity contribution in [3.8, 4) is 22.4 Å². The monoisotopic (exact) mass is 635 g/mol. The minimum atomic E-state index is -0.717. The van der Waals surface area contributed by atoms with Gasteiger partial charge in [0, 0.05) is 62.5 Å². The van der Waals surface area contributed by atoms with Gasteiger partial charge in [-0.1, -0.05) is 60.5 Å². The van der Waals surface area contributed by atoms with E-state index >= 15 is 0 Å². The van der Waals surface area contributed by atoms with Gasteiger partial charge >= 0.3 is 5.69 Å². The smallest absolute Gasteiger partial charge is 0.330 e. The predicted octanol–water partition coefficient (Wildman–Crippen LogP) is 3.70. The van der Waals surface area contributed by atoms with Gasteiger partial charge in [0.15, 0.2) is 0 Å². The van der Waals surface area contributed by atoms with Crippen molar-refractivity contribution in [3.05, 3.63) is 96.6 Å². The third kappa shape index (κ3) is 6.30. The number of benzene rings is 2. The molecule has 1 saturated heterocycles. The molecule has 0 bridgehead atoms. The lowest BCUT2D eigenvalue weighted by Crippen LogP contribution is -2.40. The fourth-order valence-electron chi connectivity index (χ4n) is 5.14. The van der Waals surface area contributed by atoms with Gasteiger partial charge in [-0.2, -0.15) is 0 Å². The Morgan fingerprint density at radius 3 is 2.43 bits per heavy atom. The first-order chi connectivity index (χ1) is 21.1. The number of aromatic nitrogens is 4. The van der Waals surface area contributed by atoms with Gasteiger partial charge in [0.05, 0.1) is 39.0 Å². The first kappa shape index (κ1) is 31.1. The molecule has 0 saturated carbocycles. The summed E-state index contributed by atoms with van der Waals surface area (Å²) in [5, 5.41) is 9.63. The van der Waals surface area contributed by atoms with E-state index in [1.165, 1.54) is 20.3 Å². The Balaban J connectivity index is 1.40. The normalized spacial score (nSPS) is 14.5. The summed E-state index contributed by atoms with van der Waals surface area (Å²) in [6.07, 6.45) is 4.93. The summed E-state index contributed by atoms with van der Waals surface area (Å²) in [5.74, 6) is -0.620. The summed E-state index contributed by atoms with van der Waals surface area (Å²) in [5.41, 5.74) is 2.92. The number of nitrogens with zero attached hydrogens (tertiary/aromatic N) is 4. The lowest BCUT2D eigenvalue weighted by molar-refractivity contribution is -0.119. The van der Waals surface area contributed by atoms with Gasteiger partial charge in [0.2, 0.25) is 5.91 Å². The van der Waals surface area contributed by atoms with Crippen molar-refractivity contribution < 1.29 is 9.59 Å². The van der Waals surface area contributed by atoms with Crippen LogP contribution < -0.4 is 27.2 Å². The summed E-state index contributed by atoms with van der Waals surface area (Å²) in [7, 11) is 2.76. The molecule has 11 nitrogen and oxygen atoms in total. The van der Waals surface area contributed by atoms with Gasteiger partial charge in [-0.15, -0.1) is 0 Å². The Kier molecular flexibility index (Phi) is 9.28. The molecular weight excluding hydrogens is 605 g/mol. The maximum atomic E-state index is 13.0. The number of amides is 2. The zero-order chi connectivity index (χ0) is 31.5. The molecule has 0 unspecified atom stereocenters. The van der Waals surface area contributed by atoms with Crippen molar-refractivity contribution in [3.63, 3.8) is 0 Å². The molecule has 1 atom stereocenters. The van der Waals surface area contributed by atoms with Crippen LogP contribution >= 0.6 is 23.2 Å². The second kappa shape index (κ2) is 13.1. The number of aryl methyl sites for hydroxylation is 2. The third-order valence-electron chi connectivity index (χ3n) is 7.54. The number of halogens is 2. The van der Waals surface area contributed by atoms with E-state index in [0.717, 1.165) is 26.9 Å². The van der Waals surface area contributed by atoms with Gasteiger partial charge in [0.1, 0.15) is 5.56 Å². The molecule has 1 fully saturated rings. The molecule has 3 N–H and O–H groups in total. The molecule has 2 amide bonds. The molecular formula is C31H31Cl2N7O4. The fraction of sp³-hybridized carbons (Fsp3) is 0.290. The van der Waals surface area contributed by atoms with E-state index in [-0.39, 0.29) is 28.2 Å². The van der Waals surface area contributed by atoms with Crippen LogP contribution in [0.2, 0.25) is 10.0 Å². The molecule has 44 heavy (non-hydrogen) atoms. The average molecular weight is 637 g/mol. The van der Waals surface area contributed by atoms with Crippen LogP contribution in [-0.2, 0) is 31.9 Å². The predicted molar refractivity (Wildman–Crippen MR) is 170 cm³/mol. The van der Waals surface area contributed by atoms with Crippen molar-refractivity contribution in [2.75, 3.05) is 11.9 Å². The Morgan fingerprint density at radius 2 is 1.73 bits per heavy atom. The fourth-order valence-corrected chi connectivity index (χ4v) is 5.74. The van der Waals surface area contributed by atoms with E-state index < -0.39 is 17.2 Å². The van der Waals surface area contributed by atoms with Crippen molar-refractivity contribution in [2.45, 2.75) is 38.8 Å². The maximum absolute atomic E-state index is 13.0. The van der Waals surface area contributed by atoms with E-state index in [2.05, 4.69) is 20.9 Å². The van der Waals surface area contributed by atoms with Crippen LogP contribution in [0, 0.1) is 0 Å². The van der Waals surface area contributed by atoms with Crippen LogP contribution in [0.1, 0.15) is 41.5 Å². The summed E-state index contributed by atoms with van der Waals surface area (Å²) < 4.78 is 2.03. The molecule has 0 aliphatic carbocycles. The highest BCUT2D eigenvalue weighted by atomic mass is 35.5. The molecule has 3 heterocycles. The van der Waals surface area contributed by atoms with E-state index in [1.807, 2.05) is 25.1 Å². The van der Waals surface area contributed by atoms with Crippen molar-refractivity contribution in [2.24, 2.45) is 14.1 Å². The molecule has 4 aromatic rings. The lowest BCUT2D eigenvalue weighted by Gasteiger charge is -2.15.